The fraction of sp³-hybridized carbons (Fsp3) is 0.769. The largest absolute Gasteiger partial charge is 0.430 e. The molecule has 1 fully saturated rings. The van der Waals surface area contributed by atoms with E-state index in [1.807, 2.05) is 0 Å². The molecule has 1 heterocycles. The van der Waals surface area contributed by atoms with Gasteiger partial charge in [0.25, 0.3) is 11.5 Å². The zero-order chi connectivity index (χ0) is 34.4. The Kier molecular flexibility index (Phi) is 20.6. The van der Waals surface area contributed by atoms with Crippen molar-refractivity contribution in [1.82, 2.24) is 5.32 Å². The van der Waals surface area contributed by atoms with Crippen molar-refractivity contribution in [3.8, 4) is 0 Å². The molecule has 1 aromatic rings. The molecule has 2 N–H and O–H groups in total. The average Bonchev–Trinajstić information content (AvgIpc) is 3.39. The van der Waals surface area contributed by atoms with Gasteiger partial charge in [-0.05, 0) is 38.0 Å². The van der Waals surface area contributed by atoms with E-state index in [1.165, 1.54) is 108 Å². The van der Waals surface area contributed by atoms with Gasteiger partial charge in [-0.1, -0.05) is 153 Å². The summed E-state index contributed by atoms with van der Waals surface area (Å²) in [6.45, 7) is 4.65. The van der Waals surface area contributed by atoms with Gasteiger partial charge in [0.15, 0.2) is 0 Å². The summed E-state index contributed by atoms with van der Waals surface area (Å²) < 4.78 is 53.0. The molecule has 1 aromatic carbocycles. The highest BCUT2D eigenvalue weighted by Gasteiger charge is 2.63. The van der Waals surface area contributed by atoms with Gasteiger partial charge in [0, 0.05) is 12.7 Å². The lowest BCUT2D eigenvalue weighted by molar-refractivity contribution is -0.266. The molecule has 8 heteroatoms. The number of allylic oxidation sites excluding steroid dienone is 2. The normalized spacial score (nSPS) is 20.4. The minimum Gasteiger partial charge on any atom is -0.388 e. The highest BCUT2D eigenvalue weighted by molar-refractivity contribution is 5.88. The number of benzene rings is 1. The monoisotopic (exact) mass is 667 g/mol. The maximum absolute atomic E-state index is 14.2. The summed E-state index contributed by atoms with van der Waals surface area (Å²) in [7, 11) is 0.863. The fourth-order valence-corrected chi connectivity index (χ4v) is 6.66. The minimum atomic E-state index is -5.00. The molecule has 0 spiro atoms. The van der Waals surface area contributed by atoms with Crippen molar-refractivity contribution in [3.63, 3.8) is 0 Å². The fourth-order valence-electron chi connectivity index (χ4n) is 6.66. The number of amides is 1. The predicted molar refractivity (Wildman–Crippen MR) is 185 cm³/mol. The first-order valence-electron chi connectivity index (χ1n) is 18.6. The van der Waals surface area contributed by atoms with Crippen LogP contribution in [0, 0.1) is 5.92 Å². The van der Waals surface area contributed by atoms with Crippen LogP contribution in [-0.2, 0) is 19.9 Å². The van der Waals surface area contributed by atoms with E-state index in [-0.39, 0.29) is 12.2 Å². The number of rotatable bonds is 26. The molecule has 1 saturated heterocycles. The molecule has 47 heavy (non-hydrogen) atoms. The number of alkyl halides is 3. The molecule has 0 aromatic heterocycles. The highest BCUT2D eigenvalue weighted by Crippen LogP contribution is 2.42. The second-order valence-electron chi connectivity index (χ2n) is 13.7. The zero-order valence-electron chi connectivity index (χ0n) is 29.5. The van der Waals surface area contributed by atoms with Crippen LogP contribution in [0.2, 0.25) is 0 Å². The van der Waals surface area contributed by atoms with Gasteiger partial charge in [0.2, 0.25) is 0 Å². The topological polar surface area (TPSA) is 67.8 Å². The number of nitrogens with one attached hydrogen (secondary N) is 1. The lowest BCUT2D eigenvalue weighted by Gasteiger charge is -2.34. The predicted octanol–water partition coefficient (Wildman–Crippen LogP) is 10.3. The van der Waals surface area contributed by atoms with Crippen molar-refractivity contribution < 1.29 is 32.5 Å². The Morgan fingerprint density at radius 1 is 0.894 bits per heavy atom. The van der Waals surface area contributed by atoms with Gasteiger partial charge in [0.1, 0.15) is 6.10 Å². The highest BCUT2D eigenvalue weighted by atomic mass is 19.4. The number of unbranched alkanes of at least 4 members (excludes halogenated alkanes) is 14. The summed E-state index contributed by atoms with van der Waals surface area (Å²) in [5.41, 5.74) is -3.50. The second kappa shape index (κ2) is 23.5. The molecular formula is C39H64F3NO4. The van der Waals surface area contributed by atoms with Crippen LogP contribution in [0.1, 0.15) is 148 Å². The molecule has 5 atom stereocenters. The molecule has 0 aliphatic carbocycles. The Balaban J connectivity index is 1.50. The maximum atomic E-state index is 14.2. The molecule has 2 rings (SSSR count). The van der Waals surface area contributed by atoms with Crippen molar-refractivity contribution in [2.45, 2.75) is 172 Å². The smallest absolute Gasteiger partial charge is 0.388 e. The standard InChI is InChI=1S/C39H64F3NO4/c1-4-5-6-7-17-21-26-32(2)27-22-18-15-13-11-9-8-10-12-14-16-19-25-30-35-36(44)34(31-47-35)43-37(45)38(46-3,39(40,41)42)33-28-23-20-24-29-33/h8,10,20,23-24,28-29,32,34-36,44H,4-7,9,11-19,21-22,25-27,30-31H2,1-3H3,(H,43,45)/b10-8-/t32?,34-,35-,36-,38-/m0/s1. The van der Waals surface area contributed by atoms with E-state index in [9.17, 15) is 23.1 Å². The number of carbonyl (C=O) groups excluding carboxylic acids is 1. The van der Waals surface area contributed by atoms with E-state index in [2.05, 4.69) is 31.3 Å². The van der Waals surface area contributed by atoms with Crippen LogP contribution >= 0.6 is 0 Å². The Labute approximate surface area is 283 Å². The van der Waals surface area contributed by atoms with E-state index < -0.39 is 35.9 Å². The van der Waals surface area contributed by atoms with Gasteiger partial charge in [-0.15, -0.1) is 0 Å². The lowest BCUT2D eigenvalue weighted by atomic mass is 9.91. The van der Waals surface area contributed by atoms with Crippen LogP contribution in [0.15, 0.2) is 42.5 Å². The first-order valence-corrected chi connectivity index (χ1v) is 18.6. The number of ether oxygens (including phenoxy) is 2. The number of halogens is 3. The maximum Gasteiger partial charge on any atom is 0.430 e. The number of aliphatic hydroxyl groups is 1. The van der Waals surface area contributed by atoms with E-state index in [4.69, 9.17) is 9.47 Å². The molecule has 1 amide bonds. The number of aliphatic hydroxyl groups excluding tert-OH is 1. The molecule has 0 radical (unpaired) electrons. The van der Waals surface area contributed by atoms with Gasteiger partial charge < -0.3 is 19.9 Å². The van der Waals surface area contributed by atoms with Crippen LogP contribution in [0.5, 0.6) is 0 Å². The van der Waals surface area contributed by atoms with E-state index >= 15 is 0 Å². The Bertz CT molecular complexity index is 973. The van der Waals surface area contributed by atoms with Gasteiger partial charge in [0.05, 0.1) is 18.8 Å². The summed E-state index contributed by atoms with van der Waals surface area (Å²) >= 11 is 0. The molecular weight excluding hydrogens is 603 g/mol. The summed E-state index contributed by atoms with van der Waals surface area (Å²) in [5.74, 6) is -0.481. The average molecular weight is 668 g/mol. The van der Waals surface area contributed by atoms with Gasteiger partial charge >= 0.3 is 6.18 Å². The SMILES string of the molecule is CCCCCCCCC(C)CCCCCCC/C=C\CCCCCC[C@@H]1OC[C@H](NC(=O)[C@@](OC)(c2ccccc2)C(F)(F)F)[C@@H]1O. The molecule has 0 saturated carbocycles. The summed E-state index contributed by atoms with van der Waals surface area (Å²) in [4.78, 5) is 13.0. The number of hydrogen-bond acceptors (Lipinski definition) is 4. The van der Waals surface area contributed by atoms with Crippen molar-refractivity contribution in [3.05, 3.63) is 48.0 Å². The molecule has 0 bridgehead atoms. The van der Waals surface area contributed by atoms with E-state index in [1.54, 1.807) is 6.07 Å². The van der Waals surface area contributed by atoms with Crippen LogP contribution in [-0.4, -0.2) is 49.2 Å². The molecule has 1 unspecified atom stereocenters. The third kappa shape index (κ3) is 14.6. The Hall–Kier alpha value is -1.90. The first-order chi connectivity index (χ1) is 22.7. The molecule has 1 aliphatic rings. The third-order valence-electron chi connectivity index (χ3n) is 9.70. The van der Waals surface area contributed by atoms with Gasteiger partial charge in [-0.2, -0.15) is 13.2 Å². The zero-order valence-corrected chi connectivity index (χ0v) is 29.5. The van der Waals surface area contributed by atoms with Gasteiger partial charge in [-0.25, -0.2) is 0 Å². The van der Waals surface area contributed by atoms with E-state index in [0.29, 0.717) is 6.42 Å². The minimum absolute atomic E-state index is 0.0483. The molecule has 5 nitrogen and oxygen atoms in total. The van der Waals surface area contributed by atoms with Crippen LogP contribution in [0.3, 0.4) is 0 Å². The summed E-state index contributed by atoms with van der Waals surface area (Å²) in [6, 6.07) is 5.88. The summed E-state index contributed by atoms with van der Waals surface area (Å²) in [5, 5.41) is 13.1. The van der Waals surface area contributed by atoms with Crippen LogP contribution < -0.4 is 5.32 Å². The number of carbonyl (C=O) groups is 1. The van der Waals surface area contributed by atoms with Crippen molar-refractivity contribution in [2.24, 2.45) is 5.92 Å². The van der Waals surface area contributed by atoms with Crippen LogP contribution in [0.4, 0.5) is 13.2 Å². The lowest BCUT2D eigenvalue weighted by Crippen LogP contribution is -2.59. The first kappa shape index (κ1) is 41.3. The van der Waals surface area contributed by atoms with Crippen LogP contribution in [0.25, 0.3) is 0 Å². The quantitative estimate of drug-likeness (QED) is 0.0762. The van der Waals surface area contributed by atoms with Gasteiger partial charge in [-0.3, -0.25) is 4.79 Å². The van der Waals surface area contributed by atoms with Crippen molar-refractivity contribution in [2.75, 3.05) is 13.7 Å². The second-order valence-corrected chi connectivity index (χ2v) is 13.7. The summed E-state index contributed by atoms with van der Waals surface area (Å²) in [6.07, 6.45) is 22.6. The van der Waals surface area contributed by atoms with E-state index in [0.717, 1.165) is 51.6 Å². The molecule has 1 aliphatic heterocycles. The van der Waals surface area contributed by atoms with Crippen molar-refractivity contribution >= 4 is 5.91 Å². The Morgan fingerprint density at radius 2 is 1.43 bits per heavy atom. The Morgan fingerprint density at radius 3 is 1.98 bits per heavy atom. The number of methoxy groups -OCH3 is 1. The van der Waals surface area contributed by atoms with Crippen molar-refractivity contribution in [1.29, 1.82) is 0 Å². The third-order valence-corrected chi connectivity index (χ3v) is 9.70. The molecule has 270 valence electrons. The number of hydrogen-bond donors (Lipinski definition) is 2.